The Morgan fingerprint density at radius 1 is 1.15 bits per heavy atom. The Hall–Kier alpha value is -4.01. The van der Waals surface area contributed by atoms with Gasteiger partial charge in [-0.3, -0.25) is 4.79 Å². The molecule has 3 heterocycles. The van der Waals surface area contributed by atoms with Gasteiger partial charge >= 0.3 is 0 Å². The van der Waals surface area contributed by atoms with E-state index in [1.54, 1.807) is 28.0 Å². The normalized spacial score (nSPS) is 16.0. The SMILES string of the molecule is O=C(c1cc(COc2ccc(-n3cncn3)cc2)on1)N1CCCC[C@@H]1c1cccc(F)c1. The van der Waals surface area contributed by atoms with Crippen LogP contribution in [0, 0.1) is 5.82 Å². The van der Waals surface area contributed by atoms with Crippen LogP contribution in [0.1, 0.15) is 47.1 Å². The van der Waals surface area contributed by atoms with Crippen LogP contribution in [-0.2, 0) is 6.61 Å². The molecule has 168 valence electrons. The average molecular weight is 447 g/mol. The van der Waals surface area contributed by atoms with Crippen molar-refractivity contribution in [3.8, 4) is 11.4 Å². The summed E-state index contributed by atoms with van der Waals surface area (Å²) in [5, 5.41) is 8.04. The number of amides is 1. The Labute approximate surface area is 189 Å². The third kappa shape index (κ3) is 4.62. The maximum absolute atomic E-state index is 13.7. The maximum Gasteiger partial charge on any atom is 0.276 e. The van der Waals surface area contributed by atoms with Gasteiger partial charge < -0.3 is 14.2 Å². The van der Waals surface area contributed by atoms with Crippen molar-refractivity contribution < 1.29 is 18.4 Å². The zero-order valence-corrected chi connectivity index (χ0v) is 17.8. The Morgan fingerprint density at radius 3 is 2.82 bits per heavy atom. The minimum atomic E-state index is -0.305. The molecule has 0 saturated carbocycles. The highest BCUT2D eigenvalue weighted by Gasteiger charge is 2.30. The van der Waals surface area contributed by atoms with Crippen LogP contribution in [0.3, 0.4) is 0 Å². The second-order valence-corrected chi connectivity index (χ2v) is 7.87. The third-order valence-electron chi connectivity index (χ3n) is 5.68. The van der Waals surface area contributed by atoms with Gasteiger partial charge in [-0.15, -0.1) is 0 Å². The van der Waals surface area contributed by atoms with Crippen molar-refractivity contribution in [1.82, 2.24) is 24.8 Å². The summed E-state index contributed by atoms with van der Waals surface area (Å²) in [4.78, 5) is 18.8. The van der Waals surface area contributed by atoms with Crippen LogP contribution in [0.15, 0.2) is 71.8 Å². The molecule has 1 atom stereocenters. The lowest BCUT2D eigenvalue weighted by Crippen LogP contribution is -2.38. The number of ether oxygens (including phenoxy) is 1. The summed E-state index contributed by atoms with van der Waals surface area (Å²) in [7, 11) is 0. The first-order valence-electron chi connectivity index (χ1n) is 10.8. The van der Waals surface area contributed by atoms with E-state index in [2.05, 4.69) is 15.2 Å². The molecule has 0 aliphatic carbocycles. The van der Waals surface area contributed by atoms with Gasteiger partial charge in [0.15, 0.2) is 11.5 Å². The van der Waals surface area contributed by atoms with Gasteiger partial charge in [-0.05, 0) is 61.2 Å². The van der Waals surface area contributed by atoms with E-state index in [4.69, 9.17) is 9.26 Å². The summed E-state index contributed by atoms with van der Waals surface area (Å²) in [5.74, 6) is 0.556. The number of aromatic nitrogens is 4. The number of hydrogen-bond acceptors (Lipinski definition) is 6. The first kappa shape index (κ1) is 20.9. The van der Waals surface area contributed by atoms with E-state index in [0.717, 1.165) is 30.5 Å². The average Bonchev–Trinajstić information content (AvgIpc) is 3.55. The molecule has 9 heteroatoms. The van der Waals surface area contributed by atoms with Gasteiger partial charge in [0.05, 0.1) is 11.7 Å². The molecule has 33 heavy (non-hydrogen) atoms. The molecule has 4 aromatic rings. The fourth-order valence-electron chi connectivity index (χ4n) is 4.06. The molecular formula is C24H22FN5O3. The number of halogens is 1. The van der Waals surface area contributed by atoms with Crippen molar-refractivity contribution in [1.29, 1.82) is 0 Å². The topological polar surface area (TPSA) is 86.3 Å². The van der Waals surface area contributed by atoms with E-state index >= 15 is 0 Å². The molecule has 2 aromatic carbocycles. The molecule has 1 aliphatic rings. The number of likely N-dealkylation sites (tertiary alicyclic amines) is 1. The monoisotopic (exact) mass is 447 g/mol. The summed E-state index contributed by atoms with van der Waals surface area (Å²) in [6, 6.07) is 15.2. The van der Waals surface area contributed by atoms with Gasteiger partial charge in [0.2, 0.25) is 0 Å². The van der Waals surface area contributed by atoms with Crippen molar-refractivity contribution in [3.05, 3.63) is 90.1 Å². The summed E-state index contributed by atoms with van der Waals surface area (Å²) in [6.07, 6.45) is 5.75. The lowest BCUT2D eigenvalue weighted by atomic mass is 9.95. The van der Waals surface area contributed by atoms with Crippen LogP contribution in [0.4, 0.5) is 4.39 Å². The predicted molar refractivity (Wildman–Crippen MR) is 116 cm³/mol. The molecule has 8 nitrogen and oxygen atoms in total. The Bertz CT molecular complexity index is 1220. The van der Waals surface area contributed by atoms with Crippen LogP contribution >= 0.6 is 0 Å². The second-order valence-electron chi connectivity index (χ2n) is 7.87. The van der Waals surface area contributed by atoms with Crippen molar-refractivity contribution in [3.63, 3.8) is 0 Å². The second kappa shape index (κ2) is 9.23. The zero-order valence-electron chi connectivity index (χ0n) is 17.8. The van der Waals surface area contributed by atoms with Gasteiger partial charge in [0, 0.05) is 12.6 Å². The Morgan fingerprint density at radius 2 is 2.03 bits per heavy atom. The lowest BCUT2D eigenvalue weighted by Gasteiger charge is -2.35. The van der Waals surface area contributed by atoms with Crippen LogP contribution in [0.2, 0.25) is 0 Å². The first-order chi connectivity index (χ1) is 16.2. The van der Waals surface area contributed by atoms with Gasteiger partial charge in [-0.25, -0.2) is 14.1 Å². The molecule has 1 aliphatic heterocycles. The van der Waals surface area contributed by atoms with Gasteiger partial charge in [0.25, 0.3) is 5.91 Å². The largest absolute Gasteiger partial charge is 0.486 e. The van der Waals surface area contributed by atoms with Crippen molar-refractivity contribution in [2.45, 2.75) is 31.9 Å². The van der Waals surface area contributed by atoms with Crippen LogP contribution < -0.4 is 4.74 Å². The highest BCUT2D eigenvalue weighted by atomic mass is 19.1. The van der Waals surface area contributed by atoms with Crippen molar-refractivity contribution >= 4 is 5.91 Å². The van der Waals surface area contributed by atoms with Gasteiger partial charge in [0.1, 0.15) is 30.8 Å². The lowest BCUT2D eigenvalue weighted by molar-refractivity contribution is 0.0600. The van der Waals surface area contributed by atoms with Crippen molar-refractivity contribution in [2.75, 3.05) is 6.54 Å². The van der Waals surface area contributed by atoms with Crippen molar-refractivity contribution in [2.24, 2.45) is 0 Å². The number of carbonyl (C=O) groups excluding carboxylic acids is 1. The maximum atomic E-state index is 13.7. The summed E-state index contributed by atoms with van der Waals surface area (Å²) in [6.45, 7) is 0.729. The summed E-state index contributed by atoms with van der Waals surface area (Å²) in [5.41, 5.74) is 1.88. The molecule has 0 bridgehead atoms. The Kier molecular flexibility index (Phi) is 5.84. The zero-order chi connectivity index (χ0) is 22.6. The molecule has 0 radical (unpaired) electrons. The first-order valence-corrected chi connectivity index (χ1v) is 10.8. The minimum absolute atomic E-state index is 0.135. The number of nitrogens with zero attached hydrogens (tertiary/aromatic N) is 5. The molecule has 0 spiro atoms. The molecule has 5 rings (SSSR count). The molecule has 1 amide bonds. The number of hydrogen-bond donors (Lipinski definition) is 0. The quantitative estimate of drug-likeness (QED) is 0.437. The summed E-state index contributed by atoms with van der Waals surface area (Å²) >= 11 is 0. The van der Waals surface area contributed by atoms with E-state index in [9.17, 15) is 9.18 Å². The van der Waals surface area contributed by atoms with Crippen LogP contribution in [0.5, 0.6) is 5.75 Å². The van der Waals surface area contributed by atoms with E-state index < -0.39 is 0 Å². The number of carbonyl (C=O) groups is 1. The molecule has 0 unspecified atom stereocenters. The number of piperidine rings is 1. The molecule has 0 N–H and O–H groups in total. The highest BCUT2D eigenvalue weighted by molar-refractivity contribution is 5.92. The van der Waals surface area contributed by atoms with Crippen LogP contribution in [0.25, 0.3) is 5.69 Å². The summed E-state index contributed by atoms with van der Waals surface area (Å²) < 4.78 is 26.5. The third-order valence-corrected chi connectivity index (χ3v) is 5.68. The fraction of sp³-hybridized carbons (Fsp3) is 0.250. The minimum Gasteiger partial charge on any atom is -0.486 e. The molecule has 1 fully saturated rings. The van der Waals surface area contributed by atoms with E-state index in [1.165, 1.54) is 18.5 Å². The van der Waals surface area contributed by atoms with Gasteiger partial charge in [-0.2, -0.15) is 5.10 Å². The fourth-order valence-corrected chi connectivity index (χ4v) is 4.06. The van der Waals surface area contributed by atoms with Gasteiger partial charge in [-0.1, -0.05) is 17.3 Å². The van der Waals surface area contributed by atoms with Crippen LogP contribution in [-0.4, -0.2) is 37.3 Å². The standard InChI is InChI=1S/C24H22FN5O3/c25-18-5-3-4-17(12-18)23-6-1-2-11-29(23)24(31)22-13-21(33-28-22)14-32-20-9-7-19(8-10-20)30-16-26-15-27-30/h3-5,7-10,12-13,15-16,23H,1-2,6,11,14H2/t23-/m1/s1. The Balaban J connectivity index is 1.24. The van der Waals surface area contributed by atoms with E-state index in [-0.39, 0.29) is 30.1 Å². The smallest absolute Gasteiger partial charge is 0.276 e. The predicted octanol–water partition coefficient (Wildman–Crippen LogP) is 4.34. The highest BCUT2D eigenvalue weighted by Crippen LogP contribution is 2.32. The van der Waals surface area contributed by atoms with E-state index in [1.807, 2.05) is 30.3 Å². The number of benzene rings is 2. The van der Waals surface area contributed by atoms with E-state index in [0.29, 0.717) is 18.1 Å². The molecule has 1 saturated heterocycles. The molecular weight excluding hydrogens is 425 g/mol. The molecule has 2 aromatic heterocycles. The number of rotatable bonds is 6.